The van der Waals surface area contributed by atoms with Crippen LogP contribution in [0.15, 0.2) is 35.2 Å². The number of hydrogen-bond donors (Lipinski definition) is 1. The average Bonchev–Trinajstić information content (AvgIpc) is 3.20. The van der Waals surface area contributed by atoms with Gasteiger partial charge in [-0.15, -0.1) is 0 Å². The summed E-state index contributed by atoms with van der Waals surface area (Å²) in [7, 11) is -2.45. The Kier molecular flexibility index (Phi) is 4.65. The van der Waals surface area contributed by atoms with E-state index in [1.807, 2.05) is 6.07 Å². The maximum atomic E-state index is 13.1. The number of fused-ring (bicyclic) bond motifs is 1. The molecule has 2 amide bonds. The average molecular weight is 442 g/mol. The van der Waals surface area contributed by atoms with E-state index >= 15 is 0 Å². The summed E-state index contributed by atoms with van der Waals surface area (Å²) < 4.78 is 33.8. The molecule has 0 atom stereocenters. The van der Waals surface area contributed by atoms with Gasteiger partial charge in [0.25, 0.3) is 10.0 Å². The lowest BCUT2D eigenvalue weighted by molar-refractivity contribution is -0.118. The molecular weight excluding hydrogens is 418 g/mol. The molecule has 8 nitrogen and oxygen atoms in total. The van der Waals surface area contributed by atoms with Crippen molar-refractivity contribution in [1.29, 1.82) is 0 Å². The summed E-state index contributed by atoms with van der Waals surface area (Å²) in [6, 6.07) is 8.79. The van der Waals surface area contributed by atoms with Crippen LogP contribution in [0.25, 0.3) is 0 Å². The van der Waals surface area contributed by atoms with E-state index in [1.165, 1.54) is 7.11 Å². The summed E-state index contributed by atoms with van der Waals surface area (Å²) >= 11 is 0. The standard InChI is InChI=1S/C22H23N3O5S/c1-30-22(27)24-8-6-14-2-4-18(10-17(14)13-24)23-31(28,29)19-11-15-3-5-20(26)25-9-7-16(12-19)21(15)25/h2,4,10-12,23H,3,5-9,13H2,1H3. The molecule has 31 heavy (non-hydrogen) atoms. The van der Waals surface area contributed by atoms with Crippen molar-refractivity contribution in [1.82, 2.24) is 4.90 Å². The fourth-order valence-corrected chi connectivity index (χ4v) is 5.85. The highest BCUT2D eigenvalue weighted by Crippen LogP contribution is 2.38. The highest BCUT2D eigenvalue weighted by Gasteiger charge is 2.33. The number of hydrogen-bond acceptors (Lipinski definition) is 5. The summed E-state index contributed by atoms with van der Waals surface area (Å²) in [5, 5.41) is 0. The van der Waals surface area contributed by atoms with Gasteiger partial charge in [-0.05, 0) is 65.8 Å². The van der Waals surface area contributed by atoms with Crippen LogP contribution in [-0.2, 0) is 45.4 Å². The van der Waals surface area contributed by atoms with Gasteiger partial charge in [-0.2, -0.15) is 0 Å². The molecule has 2 aromatic carbocycles. The number of amides is 2. The van der Waals surface area contributed by atoms with Crippen molar-refractivity contribution in [3.8, 4) is 0 Å². The molecule has 3 aliphatic heterocycles. The summed E-state index contributed by atoms with van der Waals surface area (Å²) in [4.78, 5) is 27.5. The molecule has 0 aliphatic carbocycles. The quantitative estimate of drug-likeness (QED) is 0.789. The minimum atomic E-state index is -3.79. The van der Waals surface area contributed by atoms with Crippen LogP contribution in [0.2, 0.25) is 0 Å². The molecule has 0 fully saturated rings. The van der Waals surface area contributed by atoms with Gasteiger partial charge >= 0.3 is 6.09 Å². The second-order valence-electron chi connectivity index (χ2n) is 8.12. The fourth-order valence-electron chi connectivity index (χ4n) is 4.70. The maximum Gasteiger partial charge on any atom is 0.409 e. The summed E-state index contributed by atoms with van der Waals surface area (Å²) in [6.45, 7) is 1.56. The van der Waals surface area contributed by atoms with Crippen LogP contribution in [-0.4, -0.2) is 45.5 Å². The van der Waals surface area contributed by atoms with Gasteiger partial charge in [-0.3, -0.25) is 9.52 Å². The molecule has 0 saturated heterocycles. The minimum absolute atomic E-state index is 0.107. The summed E-state index contributed by atoms with van der Waals surface area (Å²) in [5.74, 6) is 0.107. The molecule has 0 unspecified atom stereocenters. The molecule has 2 aromatic rings. The monoisotopic (exact) mass is 441 g/mol. The first-order valence-corrected chi connectivity index (χ1v) is 11.8. The van der Waals surface area contributed by atoms with Crippen molar-refractivity contribution >= 4 is 33.4 Å². The van der Waals surface area contributed by atoms with E-state index in [2.05, 4.69) is 4.72 Å². The van der Waals surface area contributed by atoms with E-state index in [1.54, 1.807) is 34.1 Å². The van der Waals surface area contributed by atoms with Crippen molar-refractivity contribution in [3.05, 3.63) is 52.6 Å². The third-order valence-corrected chi connectivity index (χ3v) is 7.60. The topological polar surface area (TPSA) is 96.0 Å². The normalized spacial score (nSPS) is 17.3. The van der Waals surface area contributed by atoms with Crippen LogP contribution in [0.3, 0.4) is 0 Å². The van der Waals surface area contributed by atoms with Crippen LogP contribution in [0.5, 0.6) is 0 Å². The number of sulfonamides is 1. The molecule has 9 heteroatoms. The molecule has 0 saturated carbocycles. The van der Waals surface area contributed by atoms with Gasteiger partial charge in [0, 0.05) is 31.7 Å². The molecule has 162 valence electrons. The number of carbonyl (C=O) groups excluding carboxylic acids is 2. The number of methoxy groups -OCH3 is 1. The van der Waals surface area contributed by atoms with Crippen molar-refractivity contribution in [3.63, 3.8) is 0 Å². The van der Waals surface area contributed by atoms with Gasteiger partial charge in [0.05, 0.1) is 17.7 Å². The zero-order valence-electron chi connectivity index (χ0n) is 17.2. The van der Waals surface area contributed by atoms with E-state index in [9.17, 15) is 18.0 Å². The molecule has 5 rings (SSSR count). The van der Waals surface area contributed by atoms with Gasteiger partial charge in [0.2, 0.25) is 5.91 Å². The summed E-state index contributed by atoms with van der Waals surface area (Å²) in [5.41, 5.74) is 5.16. The number of nitrogens with one attached hydrogen (secondary N) is 1. The van der Waals surface area contributed by atoms with E-state index in [0.717, 1.165) is 27.9 Å². The Labute approximate surface area is 180 Å². The van der Waals surface area contributed by atoms with E-state index in [-0.39, 0.29) is 10.8 Å². The lowest BCUT2D eigenvalue weighted by Crippen LogP contribution is -2.35. The van der Waals surface area contributed by atoms with Gasteiger partial charge in [-0.25, -0.2) is 13.2 Å². The second-order valence-corrected chi connectivity index (χ2v) is 9.80. The number of anilines is 2. The second kappa shape index (κ2) is 7.26. The van der Waals surface area contributed by atoms with Gasteiger partial charge in [0.15, 0.2) is 0 Å². The highest BCUT2D eigenvalue weighted by atomic mass is 32.2. The van der Waals surface area contributed by atoms with Gasteiger partial charge in [0.1, 0.15) is 0 Å². The zero-order chi connectivity index (χ0) is 21.8. The molecular formula is C22H23N3O5S. The van der Waals surface area contributed by atoms with E-state index in [4.69, 9.17) is 4.74 Å². The Balaban J connectivity index is 1.42. The SMILES string of the molecule is COC(=O)N1CCc2ccc(NS(=O)(=O)c3cc4c5c(c3)CCN5C(=O)CC4)cc2C1. The van der Waals surface area contributed by atoms with Crippen molar-refractivity contribution < 1.29 is 22.7 Å². The predicted octanol–water partition coefficient (Wildman–Crippen LogP) is 2.45. The number of aryl methyl sites for hydroxylation is 1. The Hall–Kier alpha value is -3.07. The summed E-state index contributed by atoms with van der Waals surface area (Å²) in [6.07, 6.45) is 1.94. The lowest BCUT2D eigenvalue weighted by atomic mass is 9.99. The molecule has 0 aromatic heterocycles. The number of ether oxygens (including phenoxy) is 1. The van der Waals surface area contributed by atoms with Gasteiger partial charge < -0.3 is 14.5 Å². The Bertz CT molecular complexity index is 1210. The first kappa shape index (κ1) is 19.9. The molecule has 0 spiro atoms. The minimum Gasteiger partial charge on any atom is -0.453 e. The molecule has 3 heterocycles. The van der Waals surface area contributed by atoms with Crippen molar-refractivity contribution in [2.75, 3.05) is 29.8 Å². The lowest BCUT2D eigenvalue weighted by Gasteiger charge is -2.28. The van der Waals surface area contributed by atoms with E-state index < -0.39 is 16.1 Å². The third kappa shape index (κ3) is 3.42. The van der Waals surface area contributed by atoms with Crippen LogP contribution < -0.4 is 9.62 Å². The zero-order valence-corrected chi connectivity index (χ0v) is 18.0. The smallest absolute Gasteiger partial charge is 0.409 e. The van der Waals surface area contributed by atoms with Crippen molar-refractivity contribution in [2.24, 2.45) is 0 Å². The largest absolute Gasteiger partial charge is 0.453 e. The van der Waals surface area contributed by atoms with Crippen LogP contribution in [0.4, 0.5) is 16.2 Å². The van der Waals surface area contributed by atoms with Crippen LogP contribution in [0, 0.1) is 0 Å². The van der Waals surface area contributed by atoms with Crippen molar-refractivity contribution in [2.45, 2.75) is 37.1 Å². The number of rotatable bonds is 3. The fraction of sp³-hybridized carbons (Fsp3) is 0.364. The number of carbonyl (C=O) groups is 2. The Morgan fingerprint density at radius 1 is 0.968 bits per heavy atom. The Morgan fingerprint density at radius 3 is 2.48 bits per heavy atom. The Morgan fingerprint density at radius 2 is 1.71 bits per heavy atom. The predicted molar refractivity (Wildman–Crippen MR) is 115 cm³/mol. The van der Waals surface area contributed by atoms with Crippen LogP contribution in [0.1, 0.15) is 28.7 Å². The first-order chi connectivity index (χ1) is 14.9. The number of nitrogens with zero attached hydrogens (tertiary/aromatic N) is 2. The molecule has 3 aliphatic rings. The van der Waals surface area contributed by atoms with Crippen LogP contribution >= 0.6 is 0 Å². The highest BCUT2D eigenvalue weighted by molar-refractivity contribution is 7.92. The maximum absolute atomic E-state index is 13.1. The third-order valence-electron chi connectivity index (χ3n) is 6.24. The molecule has 0 radical (unpaired) electrons. The first-order valence-electron chi connectivity index (χ1n) is 10.3. The van der Waals surface area contributed by atoms with Gasteiger partial charge in [-0.1, -0.05) is 6.07 Å². The van der Waals surface area contributed by atoms with E-state index in [0.29, 0.717) is 51.0 Å². The molecule has 1 N–H and O–H groups in total. The number of benzene rings is 2. The molecule has 0 bridgehead atoms.